The molecule has 0 aliphatic heterocycles. The first kappa shape index (κ1) is 23.9. The van der Waals surface area contributed by atoms with Crippen molar-refractivity contribution >= 4 is 5.91 Å². The van der Waals surface area contributed by atoms with Crippen LogP contribution < -0.4 is 10.1 Å². The molecule has 3 aromatic carbocycles. The van der Waals surface area contributed by atoms with E-state index in [2.05, 4.69) is 25.9 Å². The first-order chi connectivity index (χ1) is 18.1. The Balaban J connectivity index is 1.38. The van der Waals surface area contributed by atoms with Gasteiger partial charge in [0.1, 0.15) is 11.6 Å². The highest BCUT2D eigenvalue weighted by Crippen LogP contribution is 2.28. The van der Waals surface area contributed by atoms with Crippen molar-refractivity contribution in [3.8, 4) is 34.1 Å². The minimum Gasteiger partial charge on any atom is -0.497 e. The number of aryl methyl sites for hydroxylation is 1. The number of carbonyl (C=O) groups excluding carboxylic acids is 1. The highest BCUT2D eigenvalue weighted by atomic mass is 19.1. The molecule has 5 rings (SSSR count). The molecule has 0 radical (unpaired) electrons. The molecule has 0 saturated heterocycles. The highest BCUT2D eigenvalue weighted by Gasteiger charge is 2.15. The van der Waals surface area contributed by atoms with Crippen molar-refractivity contribution in [2.75, 3.05) is 7.11 Å². The SMILES string of the molecule is COc1ccc(-n2nc(CCC(=O)NCc3cccc(F)c3)cc2-c2cccc(-c3nnn[nH]3)c2)cc1. The molecule has 186 valence electrons. The Bertz CT molecular complexity index is 1500. The van der Waals surface area contributed by atoms with Crippen LogP contribution in [0.15, 0.2) is 78.9 Å². The van der Waals surface area contributed by atoms with Gasteiger partial charge in [0.2, 0.25) is 5.91 Å². The minimum absolute atomic E-state index is 0.135. The molecule has 0 fully saturated rings. The number of hydrogen-bond acceptors (Lipinski definition) is 6. The maximum Gasteiger partial charge on any atom is 0.220 e. The second-order valence-corrected chi connectivity index (χ2v) is 8.37. The van der Waals surface area contributed by atoms with Crippen LogP contribution >= 0.6 is 0 Å². The number of tetrazole rings is 1. The second kappa shape index (κ2) is 10.8. The van der Waals surface area contributed by atoms with Gasteiger partial charge in [-0.3, -0.25) is 4.79 Å². The van der Waals surface area contributed by atoms with Gasteiger partial charge in [-0.1, -0.05) is 30.3 Å². The number of aromatic amines is 1. The number of hydrogen-bond donors (Lipinski definition) is 2. The number of amides is 1. The molecule has 0 aliphatic carbocycles. The first-order valence-electron chi connectivity index (χ1n) is 11.7. The maximum atomic E-state index is 13.4. The lowest BCUT2D eigenvalue weighted by atomic mass is 10.1. The molecule has 37 heavy (non-hydrogen) atoms. The summed E-state index contributed by atoms with van der Waals surface area (Å²) < 4.78 is 20.5. The average Bonchev–Trinajstić information content (AvgIpc) is 3.62. The van der Waals surface area contributed by atoms with Crippen molar-refractivity contribution in [1.29, 1.82) is 0 Å². The number of methoxy groups -OCH3 is 1. The number of aromatic nitrogens is 6. The van der Waals surface area contributed by atoms with E-state index in [4.69, 9.17) is 9.84 Å². The van der Waals surface area contributed by atoms with E-state index in [1.807, 2.05) is 59.3 Å². The molecule has 2 N–H and O–H groups in total. The third-order valence-electron chi connectivity index (χ3n) is 5.84. The number of ether oxygens (including phenoxy) is 1. The van der Waals surface area contributed by atoms with Gasteiger partial charge in [-0.05, 0) is 64.5 Å². The average molecular weight is 498 g/mol. The van der Waals surface area contributed by atoms with Crippen LogP contribution in [-0.2, 0) is 17.8 Å². The lowest BCUT2D eigenvalue weighted by Crippen LogP contribution is -2.23. The summed E-state index contributed by atoms with van der Waals surface area (Å²) in [4.78, 5) is 12.5. The van der Waals surface area contributed by atoms with Gasteiger partial charge in [0.15, 0.2) is 5.82 Å². The van der Waals surface area contributed by atoms with E-state index in [-0.39, 0.29) is 24.7 Å². The monoisotopic (exact) mass is 497 g/mol. The van der Waals surface area contributed by atoms with E-state index in [0.717, 1.165) is 34.0 Å². The standard InChI is InChI=1S/C27H24FN7O2/c1-37-24-11-9-23(10-12-24)35-25(19-5-3-6-20(15-19)27-30-33-34-31-27)16-22(32-35)8-13-26(36)29-17-18-4-2-7-21(28)14-18/h2-7,9-12,14-16H,8,13,17H2,1H3,(H,29,36)(H,30,31,33,34). The van der Waals surface area contributed by atoms with Crippen molar-refractivity contribution in [1.82, 2.24) is 35.7 Å². The van der Waals surface area contributed by atoms with Gasteiger partial charge in [-0.15, -0.1) is 5.10 Å². The largest absolute Gasteiger partial charge is 0.497 e. The van der Waals surface area contributed by atoms with Gasteiger partial charge in [0.05, 0.1) is 24.2 Å². The molecule has 0 saturated carbocycles. The molecule has 1 amide bonds. The van der Waals surface area contributed by atoms with Crippen molar-refractivity contribution in [3.05, 3.63) is 95.9 Å². The third kappa shape index (κ3) is 5.69. The smallest absolute Gasteiger partial charge is 0.220 e. The van der Waals surface area contributed by atoms with Crippen LogP contribution in [0.3, 0.4) is 0 Å². The van der Waals surface area contributed by atoms with Gasteiger partial charge in [0, 0.05) is 30.5 Å². The Morgan fingerprint density at radius 1 is 1.03 bits per heavy atom. The van der Waals surface area contributed by atoms with E-state index in [9.17, 15) is 9.18 Å². The molecule has 10 heteroatoms. The van der Waals surface area contributed by atoms with Crippen molar-refractivity contribution < 1.29 is 13.9 Å². The molecular formula is C27H24FN7O2. The Morgan fingerprint density at radius 2 is 1.84 bits per heavy atom. The van der Waals surface area contributed by atoms with E-state index in [1.165, 1.54) is 12.1 Å². The second-order valence-electron chi connectivity index (χ2n) is 8.37. The molecule has 0 unspecified atom stereocenters. The van der Waals surface area contributed by atoms with Crippen LogP contribution in [0.1, 0.15) is 17.7 Å². The topological polar surface area (TPSA) is 111 Å². The number of halogens is 1. The molecule has 0 bridgehead atoms. The molecule has 9 nitrogen and oxygen atoms in total. The fourth-order valence-electron chi connectivity index (χ4n) is 3.96. The molecule has 0 atom stereocenters. The molecule has 2 aromatic heterocycles. The quantitative estimate of drug-likeness (QED) is 0.317. The molecule has 0 spiro atoms. The predicted molar refractivity (Wildman–Crippen MR) is 135 cm³/mol. The normalized spacial score (nSPS) is 10.9. The van der Waals surface area contributed by atoms with Gasteiger partial charge < -0.3 is 10.1 Å². The molecule has 2 heterocycles. The van der Waals surface area contributed by atoms with Crippen LogP contribution in [0.5, 0.6) is 5.75 Å². The van der Waals surface area contributed by atoms with Gasteiger partial charge in [-0.25, -0.2) is 14.2 Å². The fourth-order valence-corrected chi connectivity index (χ4v) is 3.96. The molecule has 0 aliphatic rings. The van der Waals surface area contributed by atoms with Gasteiger partial charge >= 0.3 is 0 Å². The Labute approximate surface area is 212 Å². The predicted octanol–water partition coefficient (Wildman–Crippen LogP) is 4.12. The summed E-state index contributed by atoms with van der Waals surface area (Å²) in [5.41, 5.74) is 4.93. The lowest BCUT2D eigenvalue weighted by molar-refractivity contribution is -0.121. The third-order valence-corrected chi connectivity index (χ3v) is 5.84. The summed E-state index contributed by atoms with van der Waals surface area (Å²) in [6.07, 6.45) is 0.689. The number of rotatable bonds is 9. The fraction of sp³-hybridized carbons (Fsp3) is 0.148. The van der Waals surface area contributed by atoms with Crippen LogP contribution in [0, 0.1) is 5.82 Å². The Morgan fingerprint density at radius 3 is 2.59 bits per heavy atom. The number of benzene rings is 3. The Hall–Kier alpha value is -4.86. The minimum atomic E-state index is -0.327. The van der Waals surface area contributed by atoms with E-state index < -0.39 is 0 Å². The summed E-state index contributed by atoms with van der Waals surface area (Å²) in [5, 5.41) is 21.7. The van der Waals surface area contributed by atoms with E-state index in [0.29, 0.717) is 17.8 Å². The zero-order valence-corrected chi connectivity index (χ0v) is 20.1. The van der Waals surface area contributed by atoms with Crippen LogP contribution in [0.25, 0.3) is 28.3 Å². The number of nitrogens with one attached hydrogen (secondary N) is 2. The zero-order valence-electron chi connectivity index (χ0n) is 20.1. The lowest BCUT2D eigenvalue weighted by Gasteiger charge is -2.09. The Kier molecular flexibility index (Phi) is 6.98. The summed E-state index contributed by atoms with van der Waals surface area (Å²) >= 11 is 0. The van der Waals surface area contributed by atoms with E-state index in [1.54, 1.807) is 19.2 Å². The molecular weight excluding hydrogens is 473 g/mol. The van der Waals surface area contributed by atoms with Crippen molar-refractivity contribution in [2.24, 2.45) is 0 Å². The zero-order chi connectivity index (χ0) is 25.6. The van der Waals surface area contributed by atoms with Gasteiger partial charge in [-0.2, -0.15) is 5.10 Å². The summed E-state index contributed by atoms with van der Waals surface area (Å²) in [6, 6.07) is 23.6. The van der Waals surface area contributed by atoms with Crippen LogP contribution in [-0.4, -0.2) is 43.4 Å². The van der Waals surface area contributed by atoms with Crippen LogP contribution in [0.2, 0.25) is 0 Å². The van der Waals surface area contributed by atoms with Gasteiger partial charge in [0.25, 0.3) is 0 Å². The number of carbonyl (C=O) groups is 1. The highest BCUT2D eigenvalue weighted by molar-refractivity contribution is 5.76. The number of H-pyrrole nitrogens is 1. The summed E-state index contributed by atoms with van der Waals surface area (Å²) in [6.45, 7) is 0.269. The summed E-state index contributed by atoms with van der Waals surface area (Å²) in [7, 11) is 1.62. The number of nitrogens with zero attached hydrogens (tertiary/aromatic N) is 5. The first-order valence-corrected chi connectivity index (χ1v) is 11.7. The van der Waals surface area contributed by atoms with Crippen molar-refractivity contribution in [2.45, 2.75) is 19.4 Å². The summed E-state index contributed by atoms with van der Waals surface area (Å²) in [5.74, 6) is 0.844. The maximum absolute atomic E-state index is 13.4. The van der Waals surface area contributed by atoms with E-state index >= 15 is 0 Å². The van der Waals surface area contributed by atoms with Crippen molar-refractivity contribution in [3.63, 3.8) is 0 Å². The molecule has 5 aromatic rings. The van der Waals surface area contributed by atoms with Crippen LogP contribution in [0.4, 0.5) is 4.39 Å².